The molecular formula is C24H21ClF2N6. The highest BCUT2D eigenvalue weighted by molar-refractivity contribution is 6.33. The van der Waals surface area contributed by atoms with E-state index in [1.165, 1.54) is 30.3 Å². The van der Waals surface area contributed by atoms with Gasteiger partial charge < -0.3 is 15.2 Å². The van der Waals surface area contributed by atoms with E-state index < -0.39 is 5.82 Å². The largest absolute Gasteiger partial charge is 0.326 e. The Morgan fingerprint density at radius 3 is 2.48 bits per heavy atom. The van der Waals surface area contributed by atoms with Gasteiger partial charge in [-0.2, -0.15) is 0 Å². The van der Waals surface area contributed by atoms with E-state index >= 15 is 0 Å². The minimum absolute atomic E-state index is 0.232. The van der Waals surface area contributed by atoms with Crippen molar-refractivity contribution >= 4 is 23.2 Å². The summed E-state index contributed by atoms with van der Waals surface area (Å²) in [5.74, 6) is -0.401. The molecule has 9 heteroatoms. The van der Waals surface area contributed by atoms with Crippen LogP contribution in [0.3, 0.4) is 0 Å². The van der Waals surface area contributed by atoms with Crippen LogP contribution in [0.2, 0.25) is 5.02 Å². The lowest BCUT2D eigenvalue weighted by molar-refractivity contribution is 0.370. The van der Waals surface area contributed by atoms with Gasteiger partial charge in [0.2, 0.25) is 5.95 Å². The van der Waals surface area contributed by atoms with E-state index in [1.54, 1.807) is 18.3 Å². The van der Waals surface area contributed by atoms with Crippen molar-refractivity contribution in [3.05, 3.63) is 77.7 Å². The molecule has 168 valence electrons. The van der Waals surface area contributed by atoms with Gasteiger partial charge in [0, 0.05) is 17.8 Å². The second-order valence-electron chi connectivity index (χ2n) is 7.85. The summed E-state index contributed by atoms with van der Waals surface area (Å²) >= 11 is 6.15. The fourth-order valence-corrected chi connectivity index (χ4v) is 4.27. The lowest BCUT2D eigenvalue weighted by Gasteiger charge is -2.25. The maximum absolute atomic E-state index is 13.5. The molecule has 0 saturated carbocycles. The Bertz CT molecular complexity index is 1270. The van der Waals surface area contributed by atoms with Crippen LogP contribution in [0, 0.1) is 11.6 Å². The Hall–Kier alpha value is -3.36. The van der Waals surface area contributed by atoms with Gasteiger partial charge in [-0.05, 0) is 74.5 Å². The summed E-state index contributed by atoms with van der Waals surface area (Å²) < 4.78 is 29.1. The number of imidazole rings is 1. The highest BCUT2D eigenvalue weighted by Crippen LogP contribution is 2.35. The van der Waals surface area contributed by atoms with Crippen molar-refractivity contribution in [3.63, 3.8) is 0 Å². The maximum atomic E-state index is 13.5. The second kappa shape index (κ2) is 9.25. The zero-order valence-electron chi connectivity index (χ0n) is 17.6. The number of hydrogen-bond donors (Lipinski definition) is 2. The molecule has 0 radical (unpaired) electrons. The Morgan fingerprint density at radius 1 is 0.970 bits per heavy atom. The number of rotatable bonds is 5. The van der Waals surface area contributed by atoms with E-state index in [-0.39, 0.29) is 16.9 Å². The molecule has 0 unspecified atom stereocenters. The molecule has 3 heterocycles. The summed E-state index contributed by atoms with van der Waals surface area (Å²) in [7, 11) is 0. The second-order valence-corrected chi connectivity index (χ2v) is 8.26. The highest BCUT2D eigenvalue weighted by Gasteiger charge is 2.23. The summed E-state index contributed by atoms with van der Waals surface area (Å²) in [4.78, 5) is 13.7. The molecule has 2 aromatic carbocycles. The number of aromatic nitrogens is 4. The molecule has 1 fully saturated rings. The average Bonchev–Trinajstić information content (AvgIpc) is 3.27. The first-order valence-corrected chi connectivity index (χ1v) is 11.1. The first-order valence-electron chi connectivity index (χ1n) is 10.7. The van der Waals surface area contributed by atoms with Crippen LogP contribution in [0.15, 0.2) is 61.1 Å². The van der Waals surface area contributed by atoms with Crippen molar-refractivity contribution in [2.45, 2.75) is 18.9 Å². The molecule has 0 atom stereocenters. The molecule has 0 spiro atoms. The lowest BCUT2D eigenvalue weighted by Crippen LogP contribution is -2.29. The molecule has 0 bridgehead atoms. The topological polar surface area (TPSA) is 67.7 Å². The molecule has 6 nitrogen and oxygen atoms in total. The maximum Gasteiger partial charge on any atom is 0.227 e. The lowest BCUT2D eigenvalue weighted by atomic mass is 10.0. The van der Waals surface area contributed by atoms with Gasteiger partial charge >= 0.3 is 0 Å². The van der Waals surface area contributed by atoms with Crippen molar-refractivity contribution in [1.82, 2.24) is 24.8 Å². The van der Waals surface area contributed by atoms with Gasteiger partial charge in [-0.15, -0.1) is 0 Å². The molecular weight excluding hydrogens is 446 g/mol. The van der Waals surface area contributed by atoms with E-state index in [0.29, 0.717) is 17.3 Å². The Kier molecular flexibility index (Phi) is 6.02. The molecule has 2 aromatic heterocycles. The van der Waals surface area contributed by atoms with Gasteiger partial charge in [0.15, 0.2) is 0 Å². The van der Waals surface area contributed by atoms with Crippen LogP contribution in [-0.4, -0.2) is 32.6 Å². The quantitative estimate of drug-likeness (QED) is 0.400. The molecule has 5 rings (SSSR count). The number of hydrogen-bond acceptors (Lipinski definition) is 5. The first kappa shape index (κ1) is 21.5. The third-order valence-corrected chi connectivity index (χ3v) is 6.00. The van der Waals surface area contributed by atoms with Crippen molar-refractivity contribution in [2.75, 3.05) is 18.4 Å². The van der Waals surface area contributed by atoms with Gasteiger partial charge in [-0.25, -0.2) is 23.7 Å². The third kappa shape index (κ3) is 4.58. The van der Waals surface area contributed by atoms with E-state index in [9.17, 15) is 8.78 Å². The summed E-state index contributed by atoms with van der Waals surface area (Å²) in [5.41, 5.74) is 3.53. The molecule has 4 aromatic rings. The number of anilines is 2. The van der Waals surface area contributed by atoms with Crippen LogP contribution in [-0.2, 0) is 0 Å². The van der Waals surface area contributed by atoms with Crippen molar-refractivity contribution < 1.29 is 8.78 Å². The van der Waals surface area contributed by atoms with Crippen LogP contribution in [0.1, 0.15) is 18.9 Å². The molecule has 1 aliphatic rings. The van der Waals surface area contributed by atoms with Gasteiger partial charge in [-0.3, -0.25) is 0 Å². The van der Waals surface area contributed by atoms with E-state index in [0.717, 1.165) is 42.9 Å². The van der Waals surface area contributed by atoms with E-state index in [1.807, 2.05) is 12.4 Å². The van der Waals surface area contributed by atoms with Crippen LogP contribution in [0.25, 0.3) is 22.6 Å². The van der Waals surface area contributed by atoms with E-state index in [4.69, 9.17) is 16.6 Å². The van der Waals surface area contributed by atoms with Crippen LogP contribution >= 0.6 is 11.6 Å². The monoisotopic (exact) mass is 466 g/mol. The Labute approximate surface area is 194 Å². The standard InChI is InChI=1S/C24H21ClF2N6/c25-19-13-17(27)5-6-20(19)31-24-29-12-9-21(32-24)23-22(15-1-3-16(26)4-2-15)30-14-33(23)18-7-10-28-11-8-18/h1-6,9,12-14,18,28H,7-8,10-11H2,(H,29,31,32). The predicted octanol–water partition coefficient (Wildman–Crippen LogP) is 5.61. The van der Waals surface area contributed by atoms with Crippen LogP contribution < -0.4 is 10.6 Å². The van der Waals surface area contributed by atoms with Crippen molar-refractivity contribution in [1.29, 1.82) is 0 Å². The summed E-state index contributed by atoms with van der Waals surface area (Å²) in [6, 6.07) is 12.4. The molecule has 0 amide bonds. The number of halogens is 3. The van der Waals surface area contributed by atoms with Gasteiger partial charge in [0.1, 0.15) is 11.6 Å². The van der Waals surface area contributed by atoms with Crippen molar-refractivity contribution in [3.8, 4) is 22.6 Å². The Balaban J connectivity index is 1.57. The van der Waals surface area contributed by atoms with Gasteiger partial charge in [0.05, 0.1) is 34.1 Å². The summed E-state index contributed by atoms with van der Waals surface area (Å²) in [5, 5.41) is 6.67. The smallest absolute Gasteiger partial charge is 0.227 e. The normalized spacial score (nSPS) is 14.4. The molecule has 0 aliphatic carbocycles. The molecule has 2 N–H and O–H groups in total. The number of piperidine rings is 1. The van der Waals surface area contributed by atoms with Crippen LogP contribution in [0.4, 0.5) is 20.4 Å². The SMILES string of the molecule is Fc1ccc(-c2ncn(C3CCNCC3)c2-c2ccnc(Nc3ccc(F)cc3Cl)n2)cc1. The number of benzene rings is 2. The van der Waals surface area contributed by atoms with Crippen molar-refractivity contribution in [2.24, 2.45) is 0 Å². The zero-order valence-corrected chi connectivity index (χ0v) is 18.4. The molecule has 33 heavy (non-hydrogen) atoms. The predicted molar refractivity (Wildman–Crippen MR) is 124 cm³/mol. The third-order valence-electron chi connectivity index (χ3n) is 5.69. The van der Waals surface area contributed by atoms with Gasteiger partial charge in [0.25, 0.3) is 0 Å². The van der Waals surface area contributed by atoms with Crippen LogP contribution in [0.5, 0.6) is 0 Å². The fourth-order valence-electron chi connectivity index (χ4n) is 4.06. The number of nitrogens with zero attached hydrogens (tertiary/aromatic N) is 4. The summed E-state index contributed by atoms with van der Waals surface area (Å²) in [6.45, 7) is 1.85. The summed E-state index contributed by atoms with van der Waals surface area (Å²) in [6.07, 6.45) is 5.41. The minimum Gasteiger partial charge on any atom is -0.326 e. The minimum atomic E-state index is -0.421. The first-order chi connectivity index (χ1) is 16.1. The average molecular weight is 467 g/mol. The Morgan fingerprint density at radius 2 is 1.73 bits per heavy atom. The van der Waals surface area contributed by atoms with Gasteiger partial charge in [-0.1, -0.05) is 11.6 Å². The molecule has 1 saturated heterocycles. The fraction of sp³-hybridized carbons (Fsp3) is 0.208. The molecule has 1 aliphatic heterocycles. The number of nitrogens with one attached hydrogen (secondary N) is 2. The van der Waals surface area contributed by atoms with E-state index in [2.05, 4.69) is 25.2 Å². The zero-order chi connectivity index (χ0) is 22.8. The highest BCUT2D eigenvalue weighted by atomic mass is 35.5.